The molecule has 20 heavy (non-hydrogen) atoms. The summed E-state index contributed by atoms with van der Waals surface area (Å²) in [5.74, 6) is 0.880. The van der Waals surface area contributed by atoms with Crippen LogP contribution in [0.3, 0.4) is 0 Å². The summed E-state index contributed by atoms with van der Waals surface area (Å²) in [7, 11) is -3.53. The molecule has 0 spiro atoms. The zero-order valence-corrected chi connectivity index (χ0v) is 13.6. The van der Waals surface area contributed by atoms with Gasteiger partial charge < -0.3 is 10.2 Å². The predicted octanol–water partition coefficient (Wildman–Crippen LogP) is 2.00. The molecule has 1 aromatic heterocycles. The normalized spacial score (nSPS) is 18.6. The first kappa shape index (κ1) is 15.9. The van der Waals surface area contributed by atoms with E-state index in [-0.39, 0.29) is 16.2 Å². The highest BCUT2D eigenvalue weighted by Gasteiger charge is 2.34. The fourth-order valence-electron chi connectivity index (χ4n) is 2.67. The number of nitrogens with one attached hydrogen (secondary N) is 1. The van der Waals surface area contributed by atoms with E-state index in [0.29, 0.717) is 18.1 Å². The van der Waals surface area contributed by atoms with E-state index in [1.807, 2.05) is 0 Å². The molecule has 1 heterocycles. The minimum Gasteiger partial charge on any atom is -0.464 e. The Morgan fingerprint density at radius 2 is 2.10 bits per heavy atom. The summed E-state index contributed by atoms with van der Waals surface area (Å²) in [4.78, 5) is 0.201. The molecule has 114 valence electrons. The van der Waals surface area contributed by atoms with Crippen molar-refractivity contribution < 1.29 is 12.8 Å². The monoisotopic (exact) mass is 318 g/mol. The van der Waals surface area contributed by atoms with Crippen LogP contribution in [0.5, 0.6) is 0 Å². The number of hydrogen-bond donors (Lipinski definition) is 2. The minimum absolute atomic E-state index is 0.0431. The van der Waals surface area contributed by atoms with Crippen molar-refractivity contribution in [2.75, 3.05) is 12.8 Å². The maximum absolute atomic E-state index is 12.4. The molecule has 1 fully saturated rings. The van der Waals surface area contributed by atoms with Gasteiger partial charge in [0.1, 0.15) is 16.4 Å². The first-order chi connectivity index (χ1) is 9.42. The van der Waals surface area contributed by atoms with E-state index in [1.54, 1.807) is 18.7 Å². The zero-order chi connectivity index (χ0) is 14.8. The number of rotatable bonds is 6. The van der Waals surface area contributed by atoms with Crippen molar-refractivity contribution in [2.45, 2.75) is 48.8 Å². The molecule has 1 aliphatic carbocycles. The van der Waals surface area contributed by atoms with Gasteiger partial charge in [0.05, 0.1) is 6.54 Å². The Morgan fingerprint density at radius 3 is 2.60 bits per heavy atom. The van der Waals surface area contributed by atoms with Crippen LogP contribution in [0.25, 0.3) is 0 Å². The Balaban J connectivity index is 2.12. The van der Waals surface area contributed by atoms with Crippen LogP contribution in [-0.4, -0.2) is 26.0 Å². The van der Waals surface area contributed by atoms with Crippen LogP contribution in [0.1, 0.15) is 37.2 Å². The molecule has 0 aliphatic heterocycles. The summed E-state index contributed by atoms with van der Waals surface area (Å²) >= 11 is 1.76. The molecule has 0 aromatic carbocycles. The minimum atomic E-state index is -3.53. The second-order valence-corrected chi connectivity index (χ2v) is 8.27. The van der Waals surface area contributed by atoms with Crippen molar-refractivity contribution >= 4 is 21.8 Å². The largest absolute Gasteiger partial charge is 0.464 e. The van der Waals surface area contributed by atoms with Crippen molar-refractivity contribution in [3.8, 4) is 0 Å². The maximum atomic E-state index is 12.4. The molecule has 2 rings (SSSR count). The average molecular weight is 318 g/mol. The Kier molecular flexibility index (Phi) is 4.84. The molecule has 0 amide bonds. The van der Waals surface area contributed by atoms with Gasteiger partial charge in [-0.15, -0.1) is 0 Å². The summed E-state index contributed by atoms with van der Waals surface area (Å²) in [5.41, 5.74) is 5.48. The van der Waals surface area contributed by atoms with Gasteiger partial charge in [-0.3, -0.25) is 0 Å². The van der Waals surface area contributed by atoms with Crippen LogP contribution in [0, 0.1) is 6.92 Å². The summed E-state index contributed by atoms with van der Waals surface area (Å²) in [6.07, 6.45) is 6.52. The fraction of sp³-hybridized carbons (Fsp3) is 0.692. The molecule has 0 atom stereocenters. The first-order valence-electron chi connectivity index (χ1n) is 6.77. The smallest absolute Gasteiger partial charge is 0.244 e. The van der Waals surface area contributed by atoms with Gasteiger partial charge in [0, 0.05) is 17.4 Å². The molecular formula is C13H22N2O3S2. The average Bonchev–Trinajstić information content (AvgIpc) is 3.04. The molecule has 0 saturated heterocycles. The second-order valence-electron chi connectivity index (χ2n) is 5.26. The fourth-order valence-corrected chi connectivity index (χ4v) is 5.00. The lowest BCUT2D eigenvalue weighted by atomic mass is 10.1. The van der Waals surface area contributed by atoms with E-state index >= 15 is 0 Å². The standard InChI is InChI=1S/C13H22N2O3S2/c1-10-12(7-11(8-14)18-10)20(16,17)15-9-13(19-2)5-3-4-6-13/h7,15H,3-6,8-9,14H2,1-2H3. The van der Waals surface area contributed by atoms with Gasteiger partial charge >= 0.3 is 0 Å². The van der Waals surface area contributed by atoms with Gasteiger partial charge in [0.2, 0.25) is 10.0 Å². The van der Waals surface area contributed by atoms with Gasteiger partial charge in [-0.1, -0.05) is 12.8 Å². The molecule has 3 N–H and O–H groups in total. The Bertz CT molecular complexity index is 560. The molecule has 7 heteroatoms. The van der Waals surface area contributed by atoms with Crippen molar-refractivity contribution in [3.63, 3.8) is 0 Å². The Labute approximate surface area is 124 Å². The zero-order valence-electron chi connectivity index (χ0n) is 11.9. The first-order valence-corrected chi connectivity index (χ1v) is 9.47. The third kappa shape index (κ3) is 3.21. The molecule has 1 saturated carbocycles. The highest BCUT2D eigenvalue weighted by atomic mass is 32.2. The summed E-state index contributed by atoms with van der Waals surface area (Å²) in [6.45, 7) is 2.32. The summed E-state index contributed by atoms with van der Waals surface area (Å²) in [5, 5.41) is 0. The predicted molar refractivity (Wildman–Crippen MR) is 81.2 cm³/mol. The lowest BCUT2D eigenvalue weighted by molar-refractivity contribution is 0.478. The number of furan rings is 1. The Hall–Kier alpha value is -0.500. The maximum Gasteiger partial charge on any atom is 0.244 e. The molecular weight excluding hydrogens is 296 g/mol. The van der Waals surface area contributed by atoms with E-state index in [0.717, 1.165) is 12.8 Å². The van der Waals surface area contributed by atoms with Crippen LogP contribution >= 0.6 is 11.8 Å². The van der Waals surface area contributed by atoms with Crippen molar-refractivity contribution in [3.05, 3.63) is 17.6 Å². The van der Waals surface area contributed by atoms with Crippen molar-refractivity contribution in [1.82, 2.24) is 4.72 Å². The van der Waals surface area contributed by atoms with Gasteiger partial charge in [-0.2, -0.15) is 11.8 Å². The molecule has 5 nitrogen and oxygen atoms in total. The molecule has 0 bridgehead atoms. The van der Waals surface area contributed by atoms with Crippen LogP contribution in [0.2, 0.25) is 0 Å². The van der Waals surface area contributed by atoms with E-state index < -0.39 is 10.0 Å². The third-order valence-electron chi connectivity index (χ3n) is 3.95. The number of hydrogen-bond acceptors (Lipinski definition) is 5. The lowest BCUT2D eigenvalue weighted by Crippen LogP contribution is -2.38. The molecule has 1 aliphatic rings. The summed E-state index contributed by atoms with van der Waals surface area (Å²) in [6, 6.07) is 1.51. The number of nitrogens with two attached hydrogens (primary N) is 1. The Morgan fingerprint density at radius 1 is 1.45 bits per heavy atom. The lowest BCUT2D eigenvalue weighted by Gasteiger charge is -2.26. The molecule has 1 aromatic rings. The van der Waals surface area contributed by atoms with Crippen molar-refractivity contribution in [1.29, 1.82) is 0 Å². The number of sulfonamides is 1. The second kappa shape index (κ2) is 6.09. The highest BCUT2D eigenvalue weighted by molar-refractivity contribution is 8.00. The molecule has 0 unspecified atom stereocenters. The van der Waals surface area contributed by atoms with Gasteiger partial charge in [0.25, 0.3) is 0 Å². The van der Waals surface area contributed by atoms with Gasteiger partial charge in [-0.25, -0.2) is 13.1 Å². The van der Waals surface area contributed by atoms with Crippen LogP contribution in [0.4, 0.5) is 0 Å². The third-order valence-corrected chi connectivity index (χ3v) is 6.87. The number of thioether (sulfide) groups is 1. The van der Waals surface area contributed by atoms with Crippen LogP contribution in [-0.2, 0) is 16.6 Å². The van der Waals surface area contributed by atoms with E-state index in [2.05, 4.69) is 11.0 Å². The molecule has 0 radical (unpaired) electrons. The van der Waals surface area contributed by atoms with Crippen LogP contribution in [0.15, 0.2) is 15.4 Å². The quantitative estimate of drug-likeness (QED) is 0.838. The van der Waals surface area contributed by atoms with E-state index in [9.17, 15) is 8.42 Å². The van der Waals surface area contributed by atoms with Gasteiger partial charge in [-0.05, 0) is 26.0 Å². The number of aryl methyl sites for hydroxylation is 1. The van der Waals surface area contributed by atoms with E-state index in [4.69, 9.17) is 10.2 Å². The van der Waals surface area contributed by atoms with Crippen molar-refractivity contribution in [2.24, 2.45) is 5.73 Å². The highest BCUT2D eigenvalue weighted by Crippen LogP contribution is 2.39. The summed E-state index contributed by atoms with van der Waals surface area (Å²) < 4.78 is 32.9. The van der Waals surface area contributed by atoms with Gasteiger partial charge in [0.15, 0.2) is 0 Å². The van der Waals surface area contributed by atoms with E-state index in [1.165, 1.54) is 18.9 Å². The SMILES string of the molecule is CSC1(CNS(=O)(=O)c2cc(CN)oc2C)CCCC1. The van der Waals surface area contributed by atoms with Crippen LogP contribution < -0.4 is 10.5 Å². The topological polar surface area (TPSA) is 85.3 Å².